The minimum atomic E-state index is -3.43. The Labute approximate surface area is 139 Å². The second-order valence-electron chi connectivity index (χ2n) is 5.08. The number of aryl methyl sites for hydroxylation is 2. The molecule has 0 bridgehead atoms. The lowest BCUT2D eigenvalue weighted by Gasteiger charge is -2.04. The molecule has 0 aliphatic heterocycles. The van der Waals surface area contributed by atoms with Crippen molar-refractivity contribution in [3.05, 3.63) is 40.9 Å². The average Bonchev–Trinajstić information content (AvgIpc) is 2.95. The minimum Gasteiger partial charge on any atom is -0.300 e. The van der Waals surface area contributed by atoms with E-state index in [9.17, 15) is 13.2 Å². The molecule has 2 rings (SSSR count). The number of carbonyl (C=O) groups excluding carboxylic acids is 1. The number of hydrogen-bond acceptors (Lipinski definition) is 6. The smallest absolute Gasteiger partial charge is 0.241 e. The van der Waals surface area contributed by atoms with Crippen molar-refractivity contribution in [1.29, 1.82) is 0 Å². The van der Waals surface area contributed by atoms with Gasteiger partial charge in [-0.15, -0.1) is 10.2 Å². The van der Waals surface area contributed by atoms with Crippen molar-refractivity contribution >= 4 is 32.2 Å². The van der Waals surface area contributed by atoms with Crippen molar-refractivity contribution in [3.8, 4) is 0 Å². The lowest BCUT2D eigenvalue weighted by Crippen LogP contribution is -2.24. The van der Waals surface area contributed by atoms with Crippen LogP contribution in [0.5, 0.6) is 0 Å². The Hall–Kier alpha value is -1.80. The zero-order valence-electron chi connectivity index (χ0n) is 12.9. The number of nitrogens with zero attached hydrogens (tertiary/aromatic N) is 2. The zero-order chi connectivity index (χ0) is 16.7. The molecule has 6 nitrogen and oxygen atoms in total. The first-order chi connectivity index (χ1) is 11.0. The second kappa shape index (κ2) is 8.16. The quantitative estimate of drug-likeness (QED) is 0.785. The number of sulfone groups is 1. The highest BCUT2D eigenvalue weighted by atomic mass is 32.2. The third-order valence-corrected chi connectivity index (χ3v) is 5.73. The molecule has 8 heteroatoms. The van der Waals surface area contributed by atoms with E-state index in [-0.39, 0.29) is 5.75 Å². The highest BCUT2D eigenvalue weighted by molar-refractivity contribution is 7.92. The highest BCUT2D eigenvalue weighted by Gasteiger charge is 2.17. The summed E-state index contributed by atoms with van der Waals surface area (Å²) in [4.78, 5) is 11.8. The fraction of sp³-hybridized carbons (Fsp3) is 0.400. The molecule has 0 unspecified atom stereocenters. The maximum Gasteiger partial charge on any atom is 0.241 e. The molecule has 0 atom stereocenters. The van der Waals surface area contributed by atoms with Crippen LogP contribution in [0.1, 0.15) is 23.9 Å². The number of nitrogens with one attached hydrogen (secondary N) is 1. The van der Waals surface area contributed by atoms with Gasteiger partial charge in [-0.25, -0.2) is 8.42 Å². The number of amides is 1. The molecule has 2 aromatic rings. The van der Waals surface area contributed by atoms with E-state index in [2.05, 4.69) is 15.5 Å². The van der Waals surface area contributed by atoms with E-state index in [4.69, 9.17) is 0 Å². The number of carbonyl (C=O) groups is 1. The summed E-state index contributed by atoms with van der Waals surface area (Å²) in [6.07, 6.45) is 1.90. The molecule has 1 amide bonds. The summed E-state index contributed by atoms with van der Waals surface area (Å²) in [6.45, 7) is 1.93. The van der Waals surface area contributed by atoms with Crippen LogP contribution in [0.2, 0.25) is 0 Å². The summed E-state index contributed by atoms with van der Waals surface area (Å²) in [6, 6.07) is 9.68. The maximum atomic E-state index is 12.0. The summed E-state index contributed by atoms with van der Waals surface area (Å²) in [5.74, 6) is -1.10. The molecule has 124 valence electrons. The van der Waals surface area contributed by atoms with Gasteiger partial charge in [-0.05, 0) is 24.8 Å². The molecule has 1 N–H and O–H groups in total. The first-order valence-electron chi connectivity index (χ1n) is 7.35. The number of hydrogen-bond donors (Lipinski definition) is 1. The molecule has 1 aromatic heterocycles. The van der Waals surface area contributed by atoms with Crippen molar-refractivity contribution in [1.82, 2.24) is 10.2 Å². The molecule has 1 aromatic carbocycles. The van der Waals surface area contributed by atoms with Gasteiger partial charge in [-0.3, -0.25) is 10.1 Å². The Morgan fingerprint density at radius 1 is 1.22 bits per heavy atom. The predicted octanol–water partition coefficient (Wildman–Crippen LogP) is 2.09. The molecular weight excluding hydrogens is 334 g/mol. The monoisotopic (exact) mass is 353 g/mol. The standard InChI is InChI=1S/C15H19N3O3S2/c1-2-14-17-18-15(22-14)16-13(19)11-23(20,21)10-6-9-12-7-4-3-5-8-12/h3-5,7-8H,2,6,9-11H2,1H3,(H,16,18,19). The van der Waals surface area contributed by atoms with E-state index in [1.54, 1.807) is 0 Å². The van der Waals surface area contributed by atoms with E-state index in [0.717, 1.165) is 17.0 Å². The largest absolute Gasteiger partial charge is 0.300 e. The van der Waals surface area contributed by atoms with Crippen LogP contribution in [0.4, 0.5) is 5.13 Å². The Morgan fingerprint density at radius 2 is 1.96 bits per heavy atom. The molecule has 1 heterocycles. The maximum absolute atomic E-state index is 12.0. The van der Waals surface area contributed by atoms with E-state index in [1.807, 2.05) is 37.3 Å². The fourth-order valence-corrected chi connectivity index (χ4v) is 3.91. The first kappa shape index (κ1) is 17.6. The summed E-state index contributed by atoms with van der Waals surface area (Å²) in [5, 5.41) is 11.3. The van der Waals surface area contributed by atoms with Gasteiger partial charge in [0.25, 0.3) is 0 Å². The van der Waals surface area contributed by atoms with Gasteiger partial charge in [-0.2, -0.15) is 0 Å². The number of benzene rings is 1. The Bertz CT molecular complexity index is 742. The number of anilines is 1. The lowest BCUT2D eigenvalue weighted by atomic mass is 10.1. The summed E-state index contributed by atoms with van der Waals surface area (Å²) < 4.78 is 24.0. The van der Waals surface area contributed by atoms with Gasteiger partial charge in [-0.1, -0.05) is 48.6 Å². The Morgan fingerprint density at radius 3 is 2.61 bits per heavy atom. The SMILES string of the molecule is CCc1nnc(NC(=O)CS(=O)(=O)CCCc2ccccc2)s1. The van der Waals surface area contributed by atoms with Crippen LogP contribution in [0.3, 0.4) is 0 Å². The van der Waals surface area contributed by atoms with Gasteiger partial charge in [0.15, 0.2) is 9.84 Å². The second-order valence-corrected chi connectivity index (χ2v) is 8.33. The normalized spacial score (nSPS) is 11.3. The predicted molar refractivity (Wildman–Crippen MR) is 91.3 cm³/mol. The van der Waals surface area contributed by atoms with Crippen molar-refractivity contribution in [2.45, 2.75) is 26.2 Å². The molecule has 0 saturated heterocycles. The molecule has 0 spiro atoms. The van der Waals surface area contributed by atoms with E-state index < -0.39 is 21.5 Å². The van der Waals surface area contributed by atoms with Crippen LogP contribution < -0.4 is 5.32 Å². The van der Waals surface area contributed by atoms with Gasteiger partial charge in [0.05, 0.1) is 5.75 Å². The topological polar surface area (TPSA) is 89.0 Å². The van der Waals surface area contributed by atoms with Crippen LogP contribution >= 0.6 is 11.3 Å². The summed E-state index contributed by atoms with van der Waals surface area (Å²) >= 11 is 1.25. The van der Waals surface area contributed by atoms with Crippen LogP contribution in [0.25, 0.3) is 0 Å². The third-order valence-electron chi connectivity index (χ3n) is 3.13. The first-order valence-corrected chi connectivity index (χ1v) is 9.99. The van der Waals surface area contributed by atoms with Gasteiger partial charge in [0.1, 0.15) is 10.8 Å². The summed E-state index contributed by atoms with van der Waals surface area (Å²) in [7, 11) is -3.43. The van der Waals surface area contributed by atoms with E-state index in [0.29, 0.717) is 18.0 Å². The fourth-order valence-electron chi connectivity index (χ4n) is 2.02. The van der Waals surface area contributed by atoms with Gasteiger partial charge in [0.2, 0.25) is 11.0 Å². The lowest BCUT2D eigenvalue weighted by molar-refractivity contribution is -0.113. The molecule has 0 saturated carbocycles. The molecule has 0 aliphatic carbocycles. The molecule has 23 heavy (non-hydrogen) atoms. The van der Waals surface area contributed by atoms with Crippen molar-refractivity contribution in [3.63, 3.8) is 0 Å². The van der Waals surface area contributed by atoms with E-state index >= 15 is 0 Å². The van der Waals surface area contributed by atoms with E-state index in [1.165, 1.54) is 11.3 Å². The van der Waals surface area contributed by atoms with Gasteiger partial charge in [0, 0.05) is 0 Å². The number of aromatic nitrogens is 2. The third kappa shape index (κ3) is 6.07. The average molecular weight is 353 g/mol. The molecule has 0 fully saturated rings. The molecule has 0 aliphatic rings. The zero-order valence-corrected chi connectivity index (χ0v) is 14.5. The van der Waals surface area contributed by atoms with Crippen LogP contribution in [0.15, 0.2) is 30.3 Å². The van der Waals surface area contributed by atoms with Crippen molar-refractivity contribution < 1.29 is 13.2 Å². The Balaban J connectivity index is 1.79. The molecular formula is C15H19N3O3S2. The van der Waals surface area contributed by atoms with Gasteiger partial charge >= 0.3 is 0 Å². The Kier molecular flexibility index (Phi) is 6.23. The minimum absolute atomic E-state index is 0.00829. The van der Waals surface area contributed by atoms with Crippen LogP contribution in [-0.4, -0.2) is 36.0 Å². The highest BCUT2D eigenvalue weighted by Crippen LogP contribution is 2.15. The number of rotatable bonds is 8. The van der Waals surface area contributed by atoms with Crippen molar-refractivity contribution in [2.75, 3.05) is 16.8 Å². The molecule has 0 radical (unpaired) electrons. The summed E-state index contributed by atoms with van der Waals surface area (Å²) in [5.41, 5.74) is 1.09. The van der Waals surface area contributed by atoms with Gasteiger partial charge < -0.3 is 0 Å². The van der Waals surface area contributed by atoms with Crippen LogP contribution in [-0.2, 0) is 27.5 Å². The van der Waals surface area contributed by atoms with Crippen LogP contribution in [0, 0.1) is 0 Å². The van der Waals surface area contributed by atoms with Crippen molar-refractivity contribution in [2.24, 2.45) is 0 Å².